The second kappa shape index (κ2) is 31.9. The summed E-state index contributed by atoms with van der Waals surface area (Å²) in [6, 6.07) is 1.32. The van der Waals surface area contributed by atoms with Crippen molar-refractivity contribution in [2.24, 2.45) is 0 Å². The standard InChI is InChI=1S/C34H78N4O12Si2/c1-34(2,3)50-30-33(41)27-38(19-12-10-11-15-36-25-31(39)28-48-21-13-23-51(42-4,43-5)44-6)20-18-35-16-17-37-26-32(40)29-49-22-14-24-52(45-7,46-8)47-9/h31-33,35-37,39-41H,10-30H2,1-9H3. The average molecular weight is 791 g/mol. The van der Waals surface area contributed by atoms with Crippen LogP contribution in [0, 0.1) is 0 Å². The second-order valence-corrected chi connectivity index (χ2v) is 20.0. The van der Waals surface area contributed by atoms with Crippen LogP contribution in [0.4, 0.5) is 0 Å². The van der Waals surface area contributed by atoms with E-state index in [1.165, 1.54) is 0 Å². The van der Waals surface area contributed by atoms with E-state index in [1.54, 1.807) is 42.7 Å². The molecule has 52 heavy (non-hydrogen) atoms. The second-order valence-electron chi connectivity index (χ2n) is 13.9. The molecule has 314 valence electrons. The highest BCUT2D eigenvalue weighted by atomic mass is 28.4. The number of nitrogens with zero attached hydrogens (tertiary/aromatic N) is 1. The smallest absolute Gasteiger partial charge is 0.389 e. The van der Waals surface area contributed by atoms with Gasteiger partial charge in [-0.2, -0.15) is 0 Å². The van der Waals surface area contributed by atoms with Crippen LogP contribution in [0.15, 0.2) is 0 Å². The molecule has 16 nitrogen and oxygen atoms in total. The first kappa shape index (κ1) is 51.8. The Bertz CT molecular complexity index is 736. The van der Waals surface area contributed by atoms with Crippen LogP contribution in [0.25, 0.3) is 0 Å². The van der Waals surface area contributed by atoms with Crippen molar-refractivity contribution in [1.29, 1.82) is 0 Å². The molecule has 0 amide bonds. The normalized spacial score (nSPS) is 14.7. The highest BCUT2D eigenvalue weighted by Crippen LogP contribution is 2.16. The van der Waals surface area contributed by atoms with Crippen LogP contribution in [-0.4, -0.2) is 196 Å². The van der Waals surface area contributed by atoms with E-state index in [9.17, 15) is 15.3 Å². The Kier molecular flexibility index (Phi) is 31.8. The lowest BCUT2D eigenvalue weighted by Crippen LogP contribution is -2.42. The molecule has 0 saturated carbocycles. The van der Waals surface area contributed by atoms with Crippen LogP contribution >= 0.6 is 0 Å². The van der Waals surface area contributed by atoms with Crippen LogP contribution in [0.5, 0.6) is 0 Å². The Morgan fingerprint density at radius 1 is 0.538 bits per heavy atom. The molecule has 0 spiro atoms. The lowest BCUT2D eigenvalue weighted by Gasteiger charge is -2.27. The zero-order valence-electron chi connectivity index (χ0n) is 34.0. The van der Waals surface area contributed by atoms with Crippen molar-refractivity contribution in [1.82, 2.24) is 20.9 Å². The van der Waals surface area contributed by atoms with Gasteiger partial charge in [-0.1, -0.05) is 6.42 Å². The minimum Gasteiger partial charge on any atom is -0.389 e. The quantitative estimate of drug-likeness (QED) is 0.0379. The number of aliphatic hydroxyl groups excluding tert-OH is 3. The molecule has 3 unspecified atom stereocenters. The monoisotopic (exact) mass is 791 g/mol. The molecule has 0 rings (SSSR count). The van der Waals surface area contributed by atoms with Crippen LogP contribution in [-0.2, 0) is 40.8 Å². The van der Waals surface area contributed by atoms with E-state index in [1.807, 2.05) is 20.8 Å². The van der Waals surface area contributed by atoms with E-state index >= 15 is 0 Å². The van der Waals surface area contributed by atoms with Gasteiger partial charge in [0.15, 0.2) is 0 Å². The van der Waals surface area contributed by atoms with Gasteiger partial charge in [-0.15, -0.1) is 0 Å². The Morgan fingerprint density at radius 3 is 1.50 bits per heavy atom. The van der Waals surface area contributed by atoms with E-state index in [0.29, 0.717) is 51.5 Å². The van der Waals surface area contributed by atoms with Crippen LogP contribution < -0.4 is 16.0 Å². The average Bonchev–Trinajstić information content (AvgIpc) is 3.13. The zero-order chi connectivity index (χ0) is 39.1. The number of aliphatic hydroxyl groups is 3. The maximum absolute atomic E-state index is 10.6. The van der Waals surface area contributed by atoms with E-state index in [-0.39, 0.29) is 18.8 Å². The molecular formula is C34H78N4O12Si2. The van der Waals surface area contributed by atoms with Crippen LogP contribution in [0.1, 0.15) is 52.9 Å². The lowest BCUT2D eigenvalue weighted by molar-refractivity contribution is -0.0561. The number of hydrogen-bond donors (Lipinski definition) is 6. The lowest BCUT2D eigenvalue weighted by atomic mass is 10.2. The first-order chi connectivity index (χ1) is 24.8. The molecule has 0 aromatic rings. The van der Waals surface area contributed by atoms with E-state index in [2.05, 4.69) is 20.9 Å². The number of rotatable bonds is 38. The Hall–Kier alpha value is -0.206. The van der Waals surface area contributed by atoms with Gasteiger partial charge in [-0.3, -0.25) is 4.90 Å². The van der Waals surface area contributed by atoms with E-state index < -0.39 is 35.9 Å². The minimum absolute atomic E-state index is 0.259. The van der Waals surface area contributed by atoms with Gasteiger partial charge in [0.25, 0.3) is 0 Å². The van der Waals surface area contributed by atoms with Gasteiger partial charge in [-0.25, -0.2) is 0 Å². The number of unbranched alkanes of at least 4 members (excludes halogenated alkanes) is 2. The molecule has 0 aromatic carbocycles. The molecule has 6 N–H and O–H groups in total. The highest BCUT2D eigenvalue weighted by molar-refractivity contribution is 6.60. The molecule has 0 bridgehead atoms. The Labute approximate surface area is 317 Å². The van der Waals surface area contributed by atoms with Crippen molar-refractivity contribution in [2.45, 2.75) is 88.9 Å². The molecule has 0 heterocycles. The fourth-order valence-electron chi connectivity index (χ4n) is 5.28. The largest absolute Gasteiger partial charge is 0.500 e. The molecule has 0 aliphatic heterocycles. The van der Waals surface area contributed by atoms with Crippen LogP contribution in [0.3, 0.4) is 0 Å². The van der Waals surface area contributed by atoms with Gasteiger partial charge < -0.3 is 72.0 Å². The minimum atomic E-state index is -2.59. The molecule has 0 aromatic heterocycles. The third-order valence-electron chi connectivity index (χ3n) is 8.38. The van der Waals surface area contributed by atoms with Gasteiger partial charge in [0.2, 0.25) is 0 Å². The maximum atomic E-state index is 10.6. The summed E-state index contributed by atoms with van der Waals surface area (Å²) >= 11 is 0. The topological polar surface area (TPSA) is 183 Å². The van der Waals surface area contributed by atoms with Crippen molar-refractivity contribution in [3.63, 3.8) is 0 Å². The van der Waals surface area contributed by atoms with E-state index in [4.69, 9.17) is 40.8 Å². The summed E-state index contributed by atoms with van der Waals surface area (Å²) < 4.78 is 49.5. The van der Waals surface area contributed by atoms with Crippen molar-refractivity contribution < 1.29 is 56.1 Å². The molecule has 18 heteroatoms. The summed E-state index contributed by atoms with van der Waals surface area (Å²) in [6.07, 6.45) is 2.78. The first-order valence-corrected chi connectivity index (χ1v) is 22.7. The third kappa shape index (κ3) is 27.4. The Morgan fingerprint density at radius 2 is 1.02 bits per heavy atom. The predicted octanol–water partition coefficient (Wildman–Crippen LogP) is 0.695. The fourth-order valence-corrected chi connectivity index (χ4v) is 8.66. The van der Waals surface area contributed by atoms with Crippen molar-refractivity contribution >= 4 is 17.6 Å². The van der Waals surface area contributed by atoms with Crippen molar-refractivity contribution in [3.8, 4) is 0 Å². The summed E-state index contributed by atoms with van der Waals surface area (Å²) in [5.74, 6) is 0. The van der Waals surface area contributed by atoms with E-state index in [0.717, 1.165) is 71.4 Å². The molecule has 0 aliphatic carbocycles. The highest BCUT2D eigenvalue weighted by Gasteiger charge is 2.37. The van der Waals surface area contributed by atoms with Crippen LogP contribution in [0.2, 0.25) is 12.1 Å². The van der Waals surface area contributed by atoms with Gasteiger partial charge in [-0.05, 0) is 59.5 Å². The summed E-state index contributed by atoms with van der Waals surface area (Å²) in [5.41, 5.74) is -0.299. The van der Waals surface area contributed by atoms with Crippen molar-refractivity contribution in [3.05, 3.63) is 0 Å². The SMILES string of the molecule is CO[Si](CCCOCC(O)CNCCCCCN(CCNCCNCC(O)COCCC[Si](OC)(OC)OC)CC(O)COC(C)(C)C)(OC)OC. The molecule has 3 atom stereocenters. The number of nitrogens with one attached hydrogen (secondary N) is 3. The molecular weight excluding hydrogens is 713 g/mol. The van der Waals surface area contributed by atoms with Gasteiger partial charge >= 0.3 is 17.6 Å². The Balaban J connectivity index is 4.23. The summed E-state index contributed by atoms with van der Waals surface area (Å²) in [7, 11) is 4.40. The molecule has 0 fully saturated rings. The van der Waals surface area contributed by atoms with Crippen molar-refractivity contribution in [2.75, 3.05) is 135 Å². The number of ether oxygens (including phenoxy) is 3. The third-order valence-corrected chi connectivity index (χ3v) is 14.0. The number of hydrogen-bond acceptors (Lipinski definition) is 16. The summed E-state index contributed by atoms with van der Waals surface area (Å²) in [5, 5.41) is 41.1. The predicted molar refractivity (Wildman–Crippen MR) is 207 cm³/mol. The fraction of sp³-hybridized carbons (Fsp3) is 1.00. The maximum Gasteiger partial charge on any atom is 0.500 e. The molecule has 0 aliphatic rings. The van der Waals surface area contributed by atoms with Gasteiger partial charge in [0.1, 0.15) is 0 Å². The van der Waals surface area contributed by atoms with Gasteiger partial charge in [0, 0.05) is 114 Å². The van der Waals surface area contributed by atoms with Gasteiger partial charge in [0.05, 0.1) is 43.7 Å². The summed E-state index contributed by atoms with van der Waals surface area (Å²) in [4.78, 5) is 2.28. The molecule has 0 saturated heterocycles. The first-order valence-electron chi connectivity index (χ1n) is 18.8. The molecule has 0 radical (unpaired) electrons. The zero-order valence-corrected chi connectivity index (χ0v) is 36.0. The summed E-state index contributed by atoms with van der Waals surface area (Å²) in [6.45, 7) is 14.0.